The topological polar surface area (TPSA) is 61.8 Å². The second kappa shape index (κ2) is 3.24. The van der Waals surface area contributed by atoms with Crippen LogP contribution in [0.2, 0.25) is 0 Å². The van der Waals surface area contributed by atoms with E-state index in [0.717, 1.165) is 0 Å². The van der Waals surface area contributed by atoms with Crippen LogP contribution in [0.3, 0.4) is 0 Å². The van der Waals surface area contributed by atoms with E-state index >= 15 is 0 Å². The van der Waals surface area contributed by atoms with Gasteiger partial charge < -0.3 is 14.2 Å². The lowest BCUT2D eigenvalue weighted by molar-refractivity contribution is -0.258. The molecule has 80 valence electrons. The van der Waals surface area contributed by atoms with Crippen LogP contribution in [0.1, 0.15) is 13.8 Å². The van der Waals surface area contributed by atoms with Crippen molar-refractivity contribution in [1.29, 1.82) is 0 Å². The molecule has 0 aromatic heterocycles. The lowest BCUT2D eigenvalue weighted by Crippen LogP contribution is -2.70. The first-order valence-electron chi connectivity index (χ1n) is 4.23. The third-order valence-corrected chi connectivity index (χ3v) is 2.55. The molecule has 0 unspecified atom stereocenters. The maximum atomic E-state index is 11.5. The number of hydrogen-bond acceptors (Lipinski definition) is 5. The van der Waals surface area contributed by atoms with Crippen molar-refractivity contribution in [2.45, 2.75) is 19.4 Å². The van der Waals surface area contributed by atoms with Gasteiger partial charge in [0.15, 0.2) is 0 Å². The minimum atomic E-state index is -1.59. The summed E-state index contributed by atoms with van der Waals surface area (Å²) in [7, 11) is 2.43. The fraction of sp³-hybridized carbons (Fsp3) is 0.778. The number of carbonyl (C=O) groups is 2. The summed E-state index contributed by atoms with van der Waals surface area (Å²) in [5.41, 5.74) is -2.18. The highest BCUT2D eigenvalue weighted by molar-refractivity contribution is 6.05. The van der Waals surface area contributed by atoms with E-state index in [1.165, 1.54) is 14.2 Å². The first-order valence-corrected chi connectivity index (χ1v) is 4.23. The Morgan fingerprint density at radius 1 is 1.14 bits per heavy atom. The molecule has 0 bridgehead atoms. The number of carbonyl (C=O) groups excluding carboxylic acids is 2. The highest BCUT2D eigenvalue weighted by Gasteiger charge is 2.68. The van der Waals surface area contributed by atoms with Gasteiger partial charge in [0.1, 0.15) is 0 Å². The first-order chi connectivity index (χ1) is 6.42. The summed E-state index contributed by atoms with van der Waals surface area (Å²) >= 11 is 0. The van der Waals surface area contributed by atoms with E-state index in [1.807, 2.05) is 0 Å². The van der Waals surface area contributed by atoms with Crippen molar-refractivity contribution in [3.8, 4) is 0 Å². The molecule has 1 fully saturated rings. The van der Waals surface area contributed by atoms with Crippen molar-refractivity contribution < 1.29 is 23.8 Å². The van der Waals surface area contributed by atoms with Crippen LogP contribution in [0, 0.1) is 5.41 Å². The first kappa shape index (κ1) is 11.0. The Balaban J connectivity index is 3.05. The average Bonchev–Trinajstić information content (AvgIpc) is 2.16. The molecule has 14 heavy (non-hydrogen) atoms. The Morgan fingerprint density at radius 2 is 1.57 bits per heavy atom. The predicted octanol–water partition coefficient (Wildman–Crippen LogP) is 0.128. The molecular formula is C9H14O5. The van der Waals surface area contributed by atoms with Crippen LogP contribution in [0.5, 0.6) is 0 Å². The molecule has 0 aromatic carbocycles. The van der Waals surface area contributed by atoms with Crippen molar-refractivity contribution in [2.24, 2.45) is 5.41 Å². The molecule has 1 aliphatic heterocycles. The molecule has 5 nitrogen and oxygen atoms in total. The second-order valence-electron chi connectivity index (χ2n) is 3.84. The summed E-state index contributed by atoms with van der Waals surface area (Å²) in [4.78, 5) is 23.0. The van der Waals surface area contributed by atoms with E-state index in [2.05, 4.69) is 9.47 Å². The molecule has 0 spiro atoms. The molecule has 1 heterocycles. The molecule has 0 N–H and O–H groups in total. The van der Waals surface area contributed by atoms with Crippen molar-refractivity contribution in [2.75, 3.05) is 20.8 Å². The van der Waals surface area contributed by atoms with Crippen LogP contribution in [-0.2, 0) is 23.8 Å². The summed E-state index contributed by atoms with van der Waals surface area (Å²) < 4.78 is 14.2. The van der Waals surface area contributed by atoms with E-state index in [-0.39, 0.29) is 0 Å². The minimum Gasteiger partial charge on any atom is -0.466 e. The molecule has 1 aliphatic rings. The Hall–Kier alpha value is -1.10. The monoisotopic (exact) mass is 202 g/mol. The number of esters is 2. The van der Waals surface area contributed by atoms with Gasteiger partial charge in [-0.25, -0.2) is 9.59 Å². The summed E-state index contributed by atoms with van der Waals surface area (Å²) in [6.45, 7) is 3.84. The van der Waals surface area contributed by atoms with Crippen molar-refractivity contribution in [1.82, 2.24) is 0 Å². The molecule has 0 atom stereocenters. The van der Waals surface area contributed by atoms with Crippen LogP contribution in [0.15, 0.2) is 0 Å². The van der Waals surface area contributed by atoms with Crippen LogP contribution in [0.4, 0.5) is 0 Å². The van der Waals surface area contributed by atoms with Crippen LogP contribution in [-0.4, -0.2) is 38.4 Å². The third-order valence-electron chi connectivity index (χ3n) is 2.55. The zero-order chi connectivity index (χ0) is 11.0. The van der Waals surface area contributed by atoms with E-state index in [0.29, 0.717) is 6.61 Å². The van der Waals surface area contributed by atoms with Gasteiger partial charge in [-0.1, -0.05) is 13.8 Å². The van der Waals surface area contributed by atoms with E-state index in [1.54, 1.807) is 13.8 Å². The van der Waals surface area contributed by atoms with E-state index in [9.17, 15) is 9.59 Å². The number of hydrogen-bond donors (Lipinski definition) is 0. The summed E-state index contributed by atoms with van der Waals surface area (Å²) in [5, 5.41) is 0. The summed E-state index contributed by atoms with van der Waals surface area (Å²) in [6.07, 6.45) is 0. The van der Waals surface area contributed by atoms with Gasteiger partial charge in [0.25, 0.3) is 5.60 Å². The number of rotatable bonds is 2. The zero-order valence-electron chi connectivity index (χ0n) is 8.75. The number of ether oxygens (including phenoxy) is 3. The summed E-state index contributed by atoms with van der Waals surface area (Å²) in [5.74, 6) is -1.42. The highest BCUT2D eigenvalue weighted by Crippen LogP contribution is 2.45. The van der Waals surface area contributed by atoms with Crippen molar-refractivity contribution in [3.05, 3.63) is 0 Å². The number of methoxy groups -OCH3 is 2. The van der Waals surface area contributed by atoms with Crippen molar-refractivity contribution >= 4 is 11.9 Å². The minimum absolute atomic E-state index is 0.331. The smallest absolute Gasteiger partial charge is 0.350 e. The van der Waals surface area contributed by atoms with E-state index in [4.69, 9.17) is 4.74 Å². The largest absolute Gasteiger partial charge is 0.466 e. The van der Waals surface area contributed by atoms with Gasteiger partial charge in [0, 0.05) is 5.41 Å². The SMILES string of the molecule is COC(=O)C1(C(=O)OC)OCC1(C)C. The Labute approximate surface area is 82.3 Å². The second-order valence-corrected chi connectivity index (χ2v) is 3.84. The molecule has 1 rings (SSSR count). The van der Waals surface area contributed by atoms with Gasteiger partial charge in [-0.3, -0.25) is 0 Å². The molecule has 0 radical (unpaired) electrons. The Morgan fingerprint density at radius 3 is 1.71 bits per heavy atom. The molecule has 0 aromatic rings. The maximum absolute atomic E-state index is 11.5. The Bertz CT molecular complexity index is 252. The molecule has 1 saturated heterocycles. The van der Waals surface area contributed by atoms with Gasteiger partial charge in [-0.15, -0.1) is 0 Å². The van der Waals surface area contributed by atoms with Gasteiger partial charge in [0.2, 0.25) is 0 Å². The molecule has 0 saturated carbocycles. The lowest BCUT2D eigenvalue weighted by Gasteiger charge is -2.50. The average molecular weight is 202 g/mol. The molecular weight excluding hydrogens is 188 g/mol. The predicted molar refractivity (Wildman–Crippen MR) is 46.5 cm³/mol. The maximum Gasteiger partial charge on any atom is 0.350 e. The van der Waals surface area contributed by atoms with Gasteiger partial charge >= 0.3 is 11.9 Å². The van der Waals surface area contributed by atoms with Crippen molar-refractivity contribution in [3.63, 3.8) is 0 Å². The zero-order valence-corrected chi connectivity index (χ0v) is 8.75. The van der Waals surface area contributed by atoms with Gasteiger partial charge in [0.05, 0.1) is 20.8 Å². The van der Waals surface area contributed by atoms with Crippen LogP contribution >= 0.6 is 0 Å². The fourth-order valence-corrected chi connectivity index (χ4v) is 1.55. The van der Waals surface area contributed by atoms with Gasteiger partial charge in [-0.2, -0.15) is 0 Å². The molecule has 5 heteroatoms. The fourth-order valence-electron chi connectivity index (χ4n) is 1.55. The van der Waals surface area contributed by atoms with Crippen LogP contribution in [0.25, 0.3) is 0 Å². The Kier molecular flexibility index (Phi) is 2.54. The van der Waals surface area contributed by atoms with Crippen LogP contribution < -0.4 is 0 Å². The standard InChI is InChI=1S/C9H14O5/c1-8(2)5-14-9(8,6(10)12-3)7(11)13-4/h5H2,1-4H3. The molecule has 0 aliphatic carbocycles. The quantitative estimate of drug-likeness (QED) is 0.470. The van der Waals surface area contributed by atoms with E-state index < -0.39 is 23.0 Å². The summed E-state index contributed by atoms with van der Waals surface area (Å²) in [6, 6.07) is 0. The normalized spacial score (nSPS) is 22.0. The van der Waals surface area contributed by atoms with Gasteiger partial charge in [-0.05, 0) is 0 Å². The highest BCUT2D eigenvalue weighted by atomic mass is 16.6. The molecule has 0 amide bonds. The lowest BCUT2D eigenvalue weighted by atomic mass is 9.70. The third kappa shape index (κ3) is 1.12.